The smallest absolute Gasteiger partial charge is 0.322 e. The van der Waals surface area contributed by atoms with Gasteiger partial charge in [0.25, 0.3) is 0 Å². The van der Waals surface area contributed by atoms with Crippen LogP contribution in [0.25, 0.3) is 0 Å². The Morgan fingerprint density at radius 1 is 1.09 bits per heavy atom. The second-order valence-electron chi connectivity index (χ2n) is 4.91. The number of nitrogens with zero attached hydrogens (tertiary/aromatic N) is 1. The van der Waals surface area contributed by atoms with Crippen molar-refractivity contribution < 1.29 is 18.0 Å². The molecule has 0 radical (unpaired) electrons. The summed E-state index contributed by atoms with van der Waals surface area (Å²) in [5, 5.41) is 2.63. The number of hydrogen-bond donors (Lipinski definition) is 1. The van der Waals surface area contributed by atoms with Crippen LogP contribution in [0.1, 0.15) is 11.6 Å². The van der Waals surface area contributed by atoms with E-state index in [1.165, 1.54) is 29.2 Å². The fourth-order valence-electron chi connectivity index (χ4n) is 2.38. The van der Waals surface area contributed by atoms with Crippen molar-refractivity contribution in [1.29, 1.82) is 0 Å². The molecule has 1 aliphatic rings. The molecule has 0 saturated carbocycles. The first kappa shape index (κ1) is 14.9. The number of carbonyl (C=O) groups excluding carboxylic acids is 1. The highest BCUT2D eigenvalue weighted by Crippen LogP contribution is 2.28. The lowest BCUT2D eigenvalue weighted by Crippen LogP contribution is -2.27. The van der Waals surface area contributed by atoms with E-state index in [-0.39, 0.29) is 6.54 Å². The molecule has 0 aliphatic carbocycles. The van der Waals surface area contributed by atoms with Gasteiger partial charge in [-0.1, -0.05) is 0 Å². The number of hydrogen-bond acceptors (Lipinski definition) is 1. The van der Waals surface area contributed by atoms with Crippen molar-refractivity contribution in [1.82, 2.24) is 5.32 Å². The zero-order chi connectivity index (χ0) is 15.9. The monoisotopic (exact) mass is 370 g/mol. The summed E-state index contributed by atoms with van der Waals surface area (Å²) in [5.74, 6) is -1.92. The molecule has 22 heavy (non-hydrogen) atoms. The molecular formula is C15H10BrF3N2O. The SMILES string of the molecule is O=C1NC(c2cc(F)cc(F)c2)CN1c1ccc(Br)c(F)c1. The molecule has 0 bridgehead atoms. The molecule has 2 aromatic carbocycles. The van der Waals surface area contributed by atoms with E-state index in [0.29, 0.717) is 15.7 Å². The first-order chi connectivity index (χ1) is 10.4. The van der Waals surface area contributed by atoms with Gasteiger partial charge in [-0.05, 0) is 51.8 Å². The van der Waals surface area contributed by atoms with E-state index in [1.54, 1.807) is 6.07 Å². The van der Waals surface area contributed by atoms with Gasteiger partial charge in [0, 0.05) is 11.8 Å². The van der Waals surface area contributed by atoms with Crippen LogP contribution in [0.4, 0.5) is 23.7 Å². The Kier molecular flexibility index (Phi) is 3.82. The lowest BCUT2D eigenvalue weighted by molar-refractivity contribution is 0.251. The van der Waals surface area contributed by atoms with E-state index >= 15 is 0 Å². The number of rotatable bonds is 2. The topological polar surface area (TPSA) is 32.3 Å². The molecule has 114 valence electrons. The quantitative estimate of drug-likeness (QED) is 0.846. The van der Waals surface area contributed by atoms with Crippen molar-refractivity contribution in [2.75, 3.05) is 11.4 Å². The molecule has 3 rings (SSSR count). The van der Waals surface area contributed by atoms with E-state index in [9.17, 15) is 18.0 Å². The van der Waals surface area contributed by atoms with E-state index in [1.807, 2.05) is 0 Å². The van der Waals surface area contributed by atoms with Crippen LogP contribution in [0, 0.1) is 17.5 Å². The van der Waals surface area contributed by atoms with Crippen LogP contribution >= 0.6 is 15.9 Å². The van der Waals surface area contributed by atoms with Crippen LogP contribution in [0.5, 0.6) is 0 Å². The third kappa shape index (κ3) is 2.81. The van der Waals surface area contributed by atoms with Gasteiger partial charge in [0.1, 0.15) is 17.5 Å². The molecular weight excluding hydrogens is 361 g/mol. The fraction of sp³-hybridized carbons (Fsp3) is 0.133. The Balaban J connectivity index is 1.88. The Hall–Kier alpha value is -2.02. The minimum atomic E-state index is -0.711. The van der Waals surface area contributed by atoms with Crippen molar-refractivity contribution in [3.05, 3.63) is 63.9 Å². The lowest BCUT2D eigenvalue weighted by atomic mass is 10.1. The molecule has 2 aromatic rings. The van der Waals surface area contributed by atoms with Gasteiger partial charge in [0.05, 0.1) is 17.1 Å². The van der Waals surface area contributed by atoms with Crippen molar-refractivity contribution in [2.24, 2.45) is 0 Å². The van der Waals surface area contributed by atoms with Gasteiger partial charge in [-0.25, -0.2) is 18.0 Å². The highest BCUT2D eigenvalue weighted by atomic mass is 79.9. The Morgan fingerprint density at radius 3 is 2.41 bits per heavy atom. The van der Waals surface area contributed by atoms with E-state index in [4.69, 9.17) is 0 Å². The summed E-state index contributed by atoms with van der Waals surface area (Å²) in [6, 6.07) is 6.38. The molecule has 1 fully saturated rings. The van der Waals surface area contributed by atoms with E-state index < -0.39 is 29.5 Å². The van der Waals surface area contributed by atoms with Gasteiger partial charge in [0.15, 0.2) is 0 Å². The predicted molar refractivity (Wildman–Crippen MR) is 79.1 cm³/mol. The molecule has 2 amide bonds. The summed E-state index contributed by atoms with van der Waals surface area (Å²) in [7, 11) is 0. The van der Waals surface area contributed by atoms with Crippen LogP contribution in [0.3, 0.4) is 0 Å². The molecule has 7 heteroatoms. The number of halogens is 4. The minimum Gasteiger partial charge on any atom is -0.329 e. The maximum atomic E-state index is 13.6. The number of amides is 2. The third-order valence-corrected chi connectivity index (χ3v) is 4.05. The van der Waals surface area contributed by atoms with Crippen LogP contribution in [-0.4, -0.2) is 12.6 Å². The van der Waals surface area contributed by atoms with E-state index in [2.05, 4.69) is 21.2 Å². The molecule has 0 spiro atoms. The lowest BCUT2D eigenvalue weighted by Gasteiger charge is -2.15. The second kappa shape index (κ2) is 5.64. The molecule has 1 atom stereocenters. The number of benzene rings is 2. The minimum absolute atomic E-state index is 0.156. The van der Waals surface area contributed by atoms with Gasteiger partial charge in [-0.15, -0.1) is 0 Å². The van der Waals surface area contributed by atoms with E-state index in [0.717, 1.165) is 6.07 Å². The molecule has 1 aliphatic heterocycles. The average Bonchev–Trinajstić information content (AvgIpc) is 2.83. The fourth-order valence-corrected chi connectivity index (χ4v) is 2.63. The molecule has 1 saturated heterocycles. The maximum absolute atomic E-state index is 13.6. The normalized spacial score (nSPS) is 17.7. The maximum Gasteiger partial charge on any atom is 0.322 e. The zero-order valence-corrected chi connectivity index (χ0v) is 12.7. The van der Waals surface area contributed by atoms with Gasteiger partial charge in [-0.2, -0.15) is 0 Å². The first-order valence-corrected chi connectivity index (χ1v) is 7.22. The summed E-state index contributed by atoms with van der Waals surface area (Å²) >= 11 is 3.04. The second-order valence-corrected chi connectivity index (χ2v) is 5.77. The number of anilines is 1. The molecule has 3 nitrogen and oxygen atoms in total. The molecule has 1 N–H and O–H groups in total. The predicted octanol–water partition coefficient (Wildman–Crippen LogP) is 4.14. The number of urea groups is 1. The van der Waals surface area contributed by atoms with Gasteiger partial charge < -0.3 is 5.32 Å². The average molecular weight is 371 g/mol. The van der Waals surface area contributed by atoms with Gasteiger partial charge >= 0.3 is 6.03 Å². The summed E-state index contributed by atoms with van der Waals surface area (Å²) in [4.78, 5) is 13.3. The van der Waals surface area contributed by atoms with Crippen molar-refractivity contribution in [3.8, 4) is 0 Å². The largest absolute Gasteiger partial charge is 0.329 e. The van der Waals surface area contributed by atoms with Crippen molar-refractivity contribution in [2.45, 2.75) is 6.04 Å². The van der Waals surface area contributed by atoms with Crippen LogP contribution in [0.2, 0.25) is 0 Å². The number of nitrogens with one attached hydrogen (secondary N) is 1. The highest BCUT2D eigenvalue weighted by molar-refractivity contribution is 9.10. The summed E-state index contributed by atoms with van der Waals surface area (Å²) < 4.78 is 40.4. The Labute approximate surface area is 132 Å². The Morgan fingerprint density at radius 2 is 1.77 bits per heavy atom. The van der Waals surface area contributed by atoms with Gasteiger partial charge in [-0.3, -0.25) is 4.90 Å². The molecule has 1 heterocycles. The standard InChI is InChI=1S/C15H10BrF3N2O/c16-12-2-1-11(6-13(12)19)21-7-14(20-15(21)22)8-3-9(17)5-10(18)4-8/h1-6,14H,7H2,(H,20,22). The van der Waals surface area contributed by atoms with Gasteiger partial charge in [0.2, 0.25) is 0 Å². The zero-order valence-electron chi connectivity index (χ0n) is 11.1. The molecule has 0 aromatic heterocycles. The third-order valence-electron chi connectivity index (χ3n) is 3.41. The number of carbonyl (C=O) groups is 1. The molecule has 1 unspecified atom stereocenters. The van der Waals surface area contributed by atoms with Crippen LogP contribution in [0.15, 0.2) is 40.9 Å². The van der Waals surface area contributed by atoms with Crippen LogP contribution < -0.4 is 10.2 Å². The Bertz CT molecular complexity index is 733. The van der Waals surface area contributed by atoms with Crippen molar-refractivity contribution in [3.63, 3.8) is 0 Å². The summed E-state index contributed by atoms with van der Waals surface area (Å²) in [6.07, 6.45) is 0. The van der Waals surface area contributed by atoms with Crippen LogP contribution in [-0.2, 0) is 0 Å². The van der Waals surface area contributed by atoms with Crippen molar-refractivity contribution >= 4 is 27.6 Å². The highest BCUT2D eigenvalue weighted by Gasteiger charge is 2.31. The first-order valence-electron chi connectivity index (χ1n) is 6.43. The summed E-state index contributed by atoms with van der Waals surface area (Å²) in [5.41, 5.74) is 0.698. The summed E-state index contributed by atoms with van der Waals surface area (Å²) in [6.45, 7) is 0.156.